The van der Waals surface area contributed by atoms with Crippen LogP contribution in [0.25, 0.3) is 0 Å². The summed E-state index contributed by atoms with van der Waals surface area (Å²) in [6, 6.07) is 0. The van der Waals surface area contributed by atoms with Gasteiger partial charge in [0.05, 0.1) is 7.11 Å². The third kappa shape index (κ3) is 2.09. The molecule has 1 heterocycles. The maximum absolute atomic E-state index is 11.4. The van der Waals surface area contributed by atoms with Gasteiger partial charge in [-0.3, -0.25) is 4.79 Å². The summed E-state index contributed by atoms with van der Waals surface area (Å²) in [7, 11) is 1.32. The van der Waals surface area contributed by atoms with Crippen LogP contribution in [0.5, 0.6) is 0 Å². The first-order valence-electron chi connectivity index (χ1n) is 4.28. The molecule has 1 rings (SSSR count). The van der Waals surface area contributed by atoms with Crippen LogP contribution in [-0.4, -0.2) is 36.2 Å². The molecule has 0 atom stereocenters. The van der Waals surface area contributed by atoms with Gasteiger partial charge >= 0.3 is 5.97 Å². The van der Waals surface area contributed by atoms with Crippen LogP contribution >= 0.6 is 11.8 Å². The van der Waals surface area contributed by atoms with Crippen molar-refractivity contribution in [3.63, 3.8) is 0 Å². The van der Waals surface area contributed by atoms with Gasteiger partial charge in [0.15, 0.2) is 0 Å². The Balaban J connectivity index is 3.02. The third-order valence-electron chi connectivity index (χ3n) is 2.00. The number of nitrogens with zero attached hydrogens (tertiary/aromatic N) is 1. The number of thioether (sulfide) groups is 1. The Morgan fingerprint density at radius 3 is 2.64 bits per heavy atom. The Bertz CT molecular complexity index is 298. The summed E-state index contributed by atoms with van der Waals surface area (Å²) >= 11 is 1.58. The molecule has 0 aromatic rings. The fourth-order valence-electron chi connectivity index (χ4n) is 1.33. The van der Waals surface area contributed by atoms with Gasteiger partial charge in [-0.2, -0.15) is 0 Å². The number of methoxy groups -OCH3 is 1. The molecule has 0 N–H and O–H groups in total. The van der Waals surface area contributed by atoms with Crippen LogP contribution in [0.15, 0.2) is 10.6 Å². The summed E-state index contributed by atoms with van der Waals surface area (Å²) in [4.78, 5) is 25.0. The van der Waals surface area contributed by atoms with E-state index in [1.807, 2.05) is 6.92 Å². The van der Waals surface area contributed by atoms with Gasteiger partial charge in [0.2, 0.25) is 5.91 Å². The molecule has 4 nitrogen and oxygen atoms in total. The second-order valence-electron chi connectivity index (χ2n) is 2.92. The van der Waals surface area contributed by atoms with E-state index in [-0.39, 0.29) is 5.91 Å². The normalized spacial score (nSPS) is 16.9. The monoisotopic (exact) mass is 215 g/mol. The molecule has 14 heavy (non-hydrogen) atoms. The highest BCUT2D eigenvalue weighted by Crippen LogP contribution is 2.27. The second kappa shape index (κ2) is 4.50. The average molecular weight is 215 g/mol. The van der Waals surface area contributed by atoms with Gasteiger partial charge in [-0.05, 0) is 6.92 Å². The second-order valence-corrected chi connectivity index (χ2v) is 4.22. The molecule has 0 bridgehead atoms. The van der Waals surface area contributed by atoms with E-state index < -0.39 is 5.97 Å². The summed E-state index contributed by atoms with van der Waals surface area (Å²) in [5, 5.41) is 0. The van der Waals surface area contributed by atoms with Crippen molar-refractivity contribution >= 4 is 23.6 Å². The summed E-state index contributed by atoms with van der Waals surface area (Å²) in [5.74, 6) is 0.265. The Hall–Kier alpha value is -0.970. The molecule has 78 valence electrons. The molecule has 1 amide bonds. The number of hydrogen-bond acceptors (Lipinski definition) is 4. The van der Waals surface area contributed by atoms with E-state index in [1.165, 1.54) is 18.9 Å². The van der Waals surface area contributed by atoms with Crippen molar-refractivity contribution in [1.82, 2.24) is 4.90 Å². The maximum Gasteiger partial charge on any atom is 0.355 e. The molecule has 1 aliphatic rings. The van der Waals surface area contributed by atoms with Crippen LogP contribution < -0.4 is 0 Å². The van der Waals surface area contributed by atoms with Crippen LogP contribution in [0.3, 0.4) is 0 Å². The Labute approximate surface area is 87.3 Å². The maximum atomic E-state index is 11.4. The average Bonchev–Trinajstić information content (AvgIpc) is 2.16. The van der Waals surface area contributed by atoms with Crippen LogP contribution in [0, 0.1) is 0 Å². The van der Waals surface area contributed by atoms with Crippen molar-refractivity contribution in [1.29, 1.82) is 0 Å². The van der Waals surface area contributed by atoms with Crippen molar-refractivity contribution in [2.75, 3.05) is 19.4 Å². The quantitative estimate of drug-likeness (QED) is 0.612. The van der Waals surface area contributed by atoms with E-state index in [9.17, 15) is 9.59 Å². The molecule has 0 fully saturated rings. The largest absolute Gasteiger partial charge is 0.464 e. The van der Waals surface area contributed by atoms with E-state index in [0.717, 1.165) is 10.7 Å². The summed E-state index contributed by atoms with van der Waals surface area (Å²) < 4.78 is 4.64. The summed E-state index contributed by atoms with van der Waals surface area (Å²) in [6.45, 7) is 3.85. The SMILES string of the molecule is COC(=O)C1=C(C)SCCN1C(C)=O. The fraction of sp³-hybridized carbons (Fsp3) is 0.556. The van der Waals surface area contributed by atoms with Gasteiger partial charge in [0.1, 0.15) is 5.70 Å². The smallest absolute Gasteiger partial charge is 0.355 e. The molecular weight excluding hydrogens is 202 g/mol. The zero-order valence-electron chi connectivity index (χ0n) is 8.49. The zero-order valence-corrected chi connectivity index (χ0v) is 9.31. The lowest BCUT2D eigenvalue weighted by Gasteiger charge is -2.27. The minimum Gasteiger partial charge on any atom is -0.464 e. The first-order valence-corrected chi connectivity index (χ1v) is 5.26. The van der Waals surface area contributed by atoms with Gasteiger partial charge in [0.25, 0.3) is 0 Å². The first-order chi connectivity index (χ1) is 6.57. The van der Waals surface area contributed by atoms with Crippen molar-refractivity contribution in [3.8, 4) is 0 Å². The first kappa shape index (κ1) is 11.1. The molecule has 0 aromatic heterocycles. The predicted octanol–water partition coefficient (Wildman–Crippen LogP) is 0.986. The van der Waals surface area contributed by atoms with Crippen molar-refractivity contribution < 1.29 is 14.3 Å². The highest BCUT2D eigenvalue weighted by atomic mass is 32.2. The van der Waals surface area contributed by atoms with E-state index in [2.05, 4.69) is 4.74 Å². The number of carbonyl (C=O) groups is 2. The molecule has 0 spiro atoms. The highest BCUT2D eigenvalue weighted by molar-refractivity contribution is 8.03. The lowest BCUT2D eigenvalue weighted by atomic mass is 10.3. The van der Waals surface area contributed by atoms with Crippen LogP contribution in [0.1, 0.15) is 13.8 Å². The molecule has 0 radical (unpaired) electrons. The lowest BCUT2D eigenvalue weighted by Crippen LogP contribution is -2.37. The Kier molecular flexibility index (Phi) is 3.57. The number of allylic oxidation sites excluding steroid dienone is 1. The molecule has 0 unspecified atom stereocenters. The fourth-order valence-corrected chi connectivity index (χ4v) is 2.24. The number of esters is 1. The molecule has 5 heteroatoms. The van der Waals surface area contributed by atoms with Crippen LogP contribution in [0.2, 0.25) is 0 Å². The molecule has 0 aromatic carbocycles. The van der Waals surface area contributed by atoms with E-state index in [1.54, 1.807) is 11.8 Å². The van der Waals surface area contributed by atoms with Crippen LogP contribution in [-0.2, 0) is 14.3 Å². The predicted molar refractivity (Wildman–Crippen MR) is 54.6 cm³/mol. The minimum absolute atomic E-state index is 0.120. The number of hydrogen-bond donors (Lipinski definition) is 0. The van der Waals surface area contributed by atoms with Crippen molar-refractivity contribution in [2.45, 2.75) is 13.8 Å². The standard InChI is InChI=1S/C9H13NO3S/c1-6-8(9(12)13-3)10(7(2)11)4-5-14-6/h4-5H2,1-3H3. The summed E-state index contributed by atoms with van der Waals surface area (Å²) in [5.41, 5.74) is 0.385. The summed E-state index contributed by atoms with van der Waals surface area (Å²) in [6.07, 6.45) is 0. The molecular formula is C9H13NO3S. The topological polar surface area (TPSA) is 46.6 Å². The minimum atomic E-state index is -0.440. The van der Waals surface area contributed by atoms with Crippen LogP contribution in [0.4, 0.5) is 0 Å². The zero-order chi connectivity index (χ0) is 10.7. The number of rotatable bonds is 1. The molecule has 0 saturated heterocycles. The van der Waals surface area contributed by atoms with Crippen molar-refractivity contribution in [2.24, 2.45) is 0 Å². The van der Waals surface area contributed by atoms with E-state index in [4.69, 9.17) is 0 Å². The van der Waals surface area contributed by atoms with Gasteiger partial charge in [-0.1, -0.05) is 0 Å². The van der Waals surface area contributed by atoms with Gasteiger partial charge in [0, 0.05) is 24.1 Å². The highest BCUT2D eigenvalue weighted by Gasteiger charge is 2.27. The molecule has 0 saturated carbocycles. The molecule has 1 aliphatic heterocycles. The Morgan fingerprint density at radius 2 is 2.14 bits per heavy atom. The van der Waals surface area contributed by atoms with Gasteiger partial charge in [-0.15, -0.1) is 11.8 Å². The van der Waals surface area contributed by atoms with E-state index in [0.29, 0.717) is 12.2 Å². The molecule has 0 aliphatic carbocycles. The number of carbonyl (C=O) groups excluding carboxylic acids is 2. The lowest BCUT2D eigenvalue weighted by molar-refractivity contribution is -0.141. The Morgan fingerprint density at radius 1 is 1.50 bits per heavy atom. The van der Waals surface area contributed by atoms with Crippen molar-refractivity contribution in [3.05, 3.63) is 10.6 Å². The number of amides is 1. The van der Waals surface area contributed by atoms with E-state index >= 15 is 0 Å². The van der Waals surface area contributed by atoms with Gasteiger partial charge in [-0.25, -0.2) is 4.79 Å². The third-order valence-corrected chi connectivity index (χ3v) is 3.01. The number of ether oxygens (including phenoxy) is 1. The van der Waals surface area contributed by atoms with Gasteiger partial charge < -0.3 is 9.64 Å².